The van der Waals surface area contributed by atoms with Crippen molar-refractivity contribution < 1.29 is 14.6 Å². The summed E-state index contributed by atoms with van der Waals surface area (Å²) in [6, 6.07) is 15.1. The number of benzene rings is 2. The summed E-state index contributed by atoms with van der Waals surface area (Å²) >= 11 is 5.89. The van der Waals surface area contributed by atoms with Gasteiger partial charge in [-0.15, -0.1) is 0 Å². The van der Waals surface area contributed by atoms with E-state index >= 15 is 0 Å². The summed E-state index contributed by atoms with van der Waals surface area (Å²) in [7, 11) is 0. The lowest BCUT2D eigenvalue weighted by Gasteiger charge is -2.07. The number of carbonyl (C=O) groups excluding carboxylic acids is 1. The molecule has 0 radical (unpaired) electrons. The second kappa shape index (κ2) is 7.06. The van der Waals surface area contributed by atoms with Crippen molar-refractivity contribution in [3.05, 3.63) is 71.5 Å². The maximum absolute atomic E-state index is 12.1. The van der Waals surface area contributed by atoms with Crippen LogP contribution in [0.15, 0.2) is 60.8 Å². The van der Waals surface area contributed by atoms with E-state index in [0.29, 0.717) is 16.5 Å². The molecular formula is C17H14ClN3O3. The van der Waals surface area contributed by atoms with Gasteiger partial charge >= 0.3 is 0 Å². The number of hydrogen-bond donors (Lipinski definition) is 2. The Morgan fingerprint density at radius 3 is 2.83 bits per heavy atom. The van der Waals surface area contributed by atoms with Crippen LogP contribution in [0.2, 0.25) is 5.02 Å². The lowest BCUT2D eigenvalue weighted by molar-refractivity contribution is 0.102. The van der Waals surface area contributed by atoms with E-state index in [9.17, 15) is 9.90 Å². The number of nitrogens with zero attached hydrogens (tertiary/aromatic N) is 2. The highest BCUT2D eigenvalue weighted by molar-refractivity contribution is 6.30. The van der Waals surface area contributed by atoms with Crippen molar-refractivity contribution in [1.29, 1.82) is 0 Å². The molecule has 0 spiro atoms. The molecule has 0 atom stereocenters. The van der Waals surface area contributed by atoms with Crippen LogP contribution in [0.5, 0.6) is 11.5 Å². The van der Waals surface area contributed by atoms with Crippen molar-refractivity contribution in [3.63, 3.8) is 0 Å². The summed E-state index contributed by atoms with van der Waals surface area (Å²) in [6.45, 7) is 0.143. The first kappa shape index (κ1) is 15.9. The maximum atomic E-state index is 12.1. The number of rotatable bonds is 5. The number of phenolic OH excluding ortho intramolecular Hbond substituents is 1. The van der Waals surface area contributed by atoms with Gasteiger partial charge in [0.15, 0.2) is 12.4 Å². The van der Waals surface area contributed by atoms with E-state index in [1.807, 2.05) is 0 Å². The molecule has 7 heteroatoms. The molecule has 3 aromatic rings. The van der Waals surface area contributed by atoms with E-state index in [2.05, 4.69) is 10.4 Å². The van der Waals surface area contributed by atoms with E-state index in [4.69, 9.17) is 16.3 Å². The lowest BCUT2D eigenvalue weighted by Crippen LogP contribution is -2.14. The zero-order valence-electron chi connectivity index (χ0n) is 12.5. The van der Waals surface area contributed by atoms with Gasteiger partial charge in [-0.2, -0.15) is 5.10 Å². The molecule has 24 heavy (non-hydrogen) atoms. The molecule has 0 aliphatic rings. The first-order valence-electron chi connectivity index (χ1n) is 7.13. The number of amides is 1. The van der Waals surface area contributed by atoms with Crippen LogP contribution >= 0.6 is 11.6 Å². The molecule has 0 aliphatic carbocycles. The predicted octanol–water partition coefficient (Wildman–Crippen LogP) is 3.53. The largest absolute Gasteiger partial charge is 0.506 e. The smallest absolute Gasteiger partial charge is 0.276 e. The fourth-order valence-corrected chi connectivity index (χ4v) is 2.20. The van der Waals surface area contributed by atoms with Gasteiger partial charge in [-0.3, -0.25) is 4.79 Å². The zero-order chi connectivity index (χ0) is 16.9. The van der Waals surface area contributed by atoms with Crippen molar-refractivity contribution in [2.45, 2.75) is 6.73 Å². The minimum atomic E-state index is -0.419. The molecule has 0 saturated carbocycles. The van der Waals surface area contributed by atoms with E-state index in [-0.39, 0.29) is 18.2 Å². The van der Waals surface area contributed by atoms with E-state index < -0.39 is 5.91 Å². The van der Waals surface area contributed by atoms with E-state index in [1.54, 1.807) is 54.7 Å². The number of carbonyl (C=O) groups is 1. The summed E-state index contributed by atoms with van der Waals surface area (Å²) in [5.74, 6) is 0.186. The van der Waals surface area contributed by atoms with Crippen LogP contribution in [0.1, 0.15) is 10.5 Å². The number of aromatic hydroxyl groups is 1. The Balaban J connectivity index is 1.62. The molecule has 3 rings (SSSR count). The summed E-state index contributed by atoms with van der Waals surface area (Å²) < 4.78 is 7.03. The second-order valence-corrected chi connectivity index (χ2v) is 5.38. The maximum Gasteiger partial charge on any atom is 0.276 e. The highest BCUT2D eigenvalue weighted by Crippen LogP contribution is 2.22. The Bertz CT molecular complexity index is 864. The minimum absolute atomic E-state index is 0.00503. The number of para-hydroxylation sites is 2. The van der Waals surface area contributed by atoms with Crippen LogP contribution in [-0.4, -0.2) is 20.8 Å². The standard InChI is InChI=1S/C17H14ClN3O3/c18-12-4-3-5-13(10-12)24-11-21-9-8-15(20-21)17(23)19-14-6-1-2-7-16(14)22/h1-10,22H,11H2,(H,19,23). The molecule has 1 aromatic heterocycles. The Morgan fingerprint density at radius 2 is 2.04 bits per heavy atom. The number of ether oxygens (including phenoxy) is 1. The second-order valence-electron chi connectivity index (χ2n) is 4.94. The number of anilines is 1. The molecular weight excluding hydrogens is 330 g/mol. The quantitative estimate of drug-likeness (QED) is 0.695. The summed E-state index contributed by atoms with van der Waals surface area (Å²) in [4.78, 5) is 12.1. The van der Waals surface area contributed by atoms with Crippen LogP contribution in [0, 0.1) is 0 Å². The first-order valence-corrected chi connectivity index (χ1v) is 7.51. The third kappa shape index (κ3) is 3.85. The SMILES string of the molecule is O=C(Nc1ccccc1O)c1ccn(COc2cccc(Cl)c2)n1. The highest BCUT2D eigenvalue weighted by atomic mass is 35.5. The molecule has 0 aliphatic heterocycles. The number of hydrogen-bond acceptors (Lipinski definition) is 4. The normalized spacial score (nSPS) is 10.4. The molecule has 122 valence electrons. The number of nitrogens with one attached hydrogen (secondary N) is 1. The first-order chi connectivity index (χ1) is 11.6. The van der Waals surface area contributed by atoms with Crippen LogP contribution in [-0.2, 0) is 6.73 Å². The van der Waals surface area contributed by atoms with Gasteiger partial charge in [-0.25, -0.2) is 4.68 Å². The van der Waals surface area contributed by atoms with Gasteiger partial charge < -0.3 is 15.2 Å². The fraction of sp³-hybridized carbons (Fsp3) is 0.0588. The summed E-state index contributed by atoms with van der Waals surface area (Å²) in [6.07, 6.45) is 1.63. The molecule has 2 aromatic carbocycles. The van der Waals surface area contributed by atoms with Crippen LogP contribution in [0.4, 0.5) is 5.69 Å². The molecule has 2 N–H and O–H groups in total. The van der Waals surface area contributed by atoms with E-state index in [0.717, 1.165) is 0 Å². The van der Waals surface area contributed by atoms with Gasteiger partial charge in [0, 0.05) is 11.2 Å². The van der Waals surface area contributed by atoms with Gasteiger partial charge in [-0.05, 0) is 36.4 Å². The molecule has 1 heterocycles. The van der Waals surface area contributed by atoms with Crippen molar-refractivity contribution in [1.82, 2.24) is 9.78 Å². The van der Waals surface area contributed by atoms with Gasteiger partial charge in [0.1, 0.15) is 11.5 Å². The third-order valence-corrected chi connectivity index (χ3v) is 3.42. The van der Waals surface area contributed by atoms with Crippen LogP contribution < -0.4 is 10.1 Å². The minimum Gasteiger partial charge on any atom is -0.506 e. The Hall–Kier alpha value is -2.99. The monoisotopic (exact) mass is 343 g/mol. The third-order valence-electron chi connectivity index (χ3n) is 3.19. The van der Waals surface area contributed by atoms with Gasteiger partial charge in [0.05, 0.1) is 5.69 Å². The van der Waals surface area contributed by atoms with E-state index in [1.165, 1.54) is 10.7 Å². The van der Waals surface area contributed by atoms with Crippen molar-refractivity contribution in [2.24, 2.45) is 0 Å². The molecule has 0 bridgehead atoms. The average Bonchev–Trinajstić information content (AvgIpc) is 3.04. The van der Waals surface area contributed by atoms with Gasteiger partial charge in [0.2, 0.25) is 0 Å². The van der Waals surface area contributed by atoms with Crippen molar-refractivity contribution in [2.75, 3.05) is 5.32 Å². The Kier molecular flexibility index (Phi) is 4.67. The molecule has 0 unspecified atom stereocenters. The Labute approximate surface area is 143 Å². The summed E-state index contributed by atoms with van der Waals surface area (Å²) in [5, 5.41) is 17.0. The number of phenols is 1. The molecule has 0 fully saturated rings. The highest BCUT2D eigenvalue weighted by Gasteiger charge is 2.11. The number of aromatic nitrogens is 2. The summed E-state index contributed by atoms with van der Waals surface area (Å²) in [5.41, 5.74) is 0.542. The average molecular weight is 344 g/mol. The van der Waals surface area contributed by atoms with Gasteiger partial charge in [-0.1, -0.05) is 29.8 Å². The number of halogens is 1. The lowest BCUT2D eigenvalue weighted by atomic mass is 10.3. The zero-order valence-corrected chi connectivity index (χ0v) is 13.3. The predicted molar refractivity (Wildman–Crippen MR) is 90.4 cm³/mol. The van der Waals surface area contributed by atoms with Crippen molar-refractivity contribution in [3.8, 4) is 11.5 Å². The van der Waals surface area contributed by atoms with Gasteiger partial charge in [0.25, 0.3) is 5.91 Å². The molecule has 0 saturated heterocycles. The van der Waals surface area contributed by atoms with Crippen LogP contribution in [0.25, 0.3) is 0 Å². The Morgan fingerprint density at radius 1 is 1.21 bits per heavy atom. The molecule has 6 nitrogen and oxygen atoms in total. The molecule has 1 amide bonds. The van der Waals surface area contributed by atoms with Crippen molar-refractivity contribution >= 4 is 23.2 Å². The fourth-order valence-electron chi connectivity index (χ4n) is 2.02. The van der Waals surface area contributed by atoms with Crippen LogP contribution in [0.3, 0.4) is 0 Å². The topological polar surface area (TPSA) is 76.4 Å².